The van der Waals surface area contributed by atoms with Crippen molar-refractivity contribution in [3.8, 4) is 0 Å². The van der Waals surface area contributed by atoms with Crippen LogP contribution in [0.5, 0.6) is 0 Å². The van der Waals surface area contributed by atoms with Crippen LogP contribution in [0.4, 0.5) is 0 Å². The maximum Gasteiger partial charge on any atom is 0.282 e. The van der Waals surface area contributed by atoms with Gasteiger partial charge in [0.25, 0.3) is 10.2 Å². The predicted octanol–water partition coefficient (Wildman–Crippen LogP) is 0.578. The Bertz CT molecular complexity index is 830. The number of hydrogen-bond donors (Lipinski definition) is 0. The van der Waals surface area contributed by atoms with Crippen LogP contribution in [0.15, 0.2) is 24.7 Å². The molecule has 2 aromatic heterocycles. The SMILES string of the molecule is O=S(=O)(N1CCCC1)N1CCCN(Cc2ccn3ncnc3c2)CC1. The summed E-state index contributed by atoms with van der Waals surface area (Å²) in [5.74, 6) is 0. The highest BCUT2D eigenvalue weighted by atomic mass is 32.2. The zero-order valence-electron chi connectivity index (χ0n) is 14.3. The first-order valence-electron chi connectivity index (χ1n) is 8.89. The van der Waals surface area contributed by atoms with Crippen LogP contribution in [-0.4, -0.2) is 75.8 Å². The summed E-state index contributed by atoms with van der Waals surface area (Å²) < 4.78 is 30.5. The number of pyridine rings is 1. The largest absolute Gasteiger partial charge is 0.298 e. The van der Waals surface area contributed by atoms with Gasteiger partial charge in [0.2, 0.25) is 0 Å². The van der Waals surface area contributed by atoms with Gasteiger partial charge in [-0.15, -0.1) is 0 Å². The molecule has 0 unspecified atom stereocenters. The van der Waals surface area contributed by atoms with Crippen molar-refractivity contribution in [1.29, 1.82) is 0 Å². The van der Waals surface area contributed by atoms with Gasteiger partial charge in [-0.05, 0) is 43.5 Å². The maximum absolute atomic E-state index is 12.7. The second-order valence-electron chi connectivity index (χ2n) is 6.74. The zero-order valence-corrected chi connectivity index (χ0v) is 15.1. The predicted molar refractivity (Wildman–Crippen MR) is 94.2 cm³/mol. The lowest BCUT2D eigenvalue weighted by Crippen LogP contribution is -2.44. The van der Waals surface area contributed by atoms with Crippen LogP contribution in [0.2, 0.25) is 0 Å². The van der Waals surface area contributed by atoms with E-state index < -0.39 is 10.2 Å². The minimum atomic E-state index is -3.28. The topological polar surface area (TPSA) is 74.1 Å². The van der Waals surface area contributed by atoms with Crippen molar-refractivity contribution >= 4 is 15.9 Å². The number of rotatable bonds is 4. The van der Waals surface area contributed by atoms with Crippen molar-refractivity contribution in [3.05, 3.63) is 30.2 Å². The molecule has 4 rings (SSSR count). The molecule has 4 heterocycles. The molecule has 9 heteroatoms. The molecule has 2 aliphatic rings. The van der Waals surface area contributed by atoms with Crippen molar-refractivity contribution in [2.75, 3.05) is 39.3 Å². The summed E-state index contributed by atoms with van der Waals surface area (Å²) in [5.41, 5.74) is 2.02. The summed E-state index contributed by atoms with van der Waals surface area (Å²) in [6.45, 7) is 4.97. The summed E-state index contributed by atoms with van der Waals surface area (Å²) in [7, 11) is -3.28. The first kappa shape index (κ1) is 16.9. The van der Waals surface area contributed by atoms with E-state index in [0.29, 0.717) is 26.2 Å². The lowest BCUT2D eigenvalue weighted by molar-refractivity contribution is 0.276. The van der Waals surface area contributed by atoms with Gasteiger partial charge >= 0.3 is 0 Å². The van der Waals surface area contributed by atoms with E-state index in [1.807, 2.05) is 18.3 Å². The molecule has 2 aliphatic heterocycles. The molecule has 0 atom stereocenters. The maximum atomic E-state index is 12.7. The second kappa shape index (κ2) is 6.99. The quantitative estimate of drug-likeness (QED) is 0.793. The van der Waals surface area contributed by atoms with Gasteiger partial charge in [-0.2, -0.15) is 22.1 Å². The Morgan fingerprint density at radius 3 is 2.56 bits per heavy atom. The van der Waals surface area contributed by atoms with E-state index in [4.69, 9.17) is 0 Å². The first-order chi connectivity index (χ1) is 12.1. The Morgan fingerprint density at radius 1 is 0.960 bits per heavy atom. The molecule has 0 N–H and O–H groups in total. The Labute approximate surface area is 148 Å². The van der Waals surface area contributed by atoms with E-state index in [1.54, 1.807) is 19.5 Å². The molecular formula is C16H24N6O2S. The molecule has 0 radical (unpaired) electrons. The number of aromatic nitrogens is 3. The van der Waals surface area contributed by atoms with E-state index >= 15 is 0 Å². The molecule has 2 saturated heterocycles. The summed E-state index contributed by atoms with van der Waals surface area (Å²) >= 11 is 0. The van der Waals surface area contributed by atoms with E-state index in [-0.39, 0.29) is 0 Å². The Balaban J connectivity index is 1.40. The summed E-state index contributed by atoms with van der Waals surface area (Å²) in [5, 5.41) is 4.11. The minimum absolute atomic E-state index is 0.562. The van der Waals surface area contributed by atoms with Crippen LogP contribution >= 0.6 is 0 Å². The van der Waals surface area contributed by atoms with Crippen LogP contribution in [0.1, 0.15) is 24.8 Å². The molecule has 136 valence electrons. The van der Waals surface area contributed by atoms with E-state index in [2.05, 4.69) is 15.0 Å². The van der Waals surface area contributed by atoms with Gasteiger partial charge in [-0.3, -0.25) is 4.90 Å². The third-order valence-corrected chi connectivity index (χ3v) is 7.05. The first-order valence-corrected chi connectivity index (χ1v) is 10.3. The third kappa shape index (κ3) is 3.55. The number of hydrogen-bond acceptors (Lipinski definition) is 5. The van der Waals surface area contributed by atoms with Crippen molar-refractivity contribution in [1.82, 2.24) is 28.1 Å². The zero-order chi connectivity index (χ0) is 17.3. The van der Waals surface area contributed by atoms with E-state index in [0.717, 1.165) is 44.5 Å². The van der Waals surface area contributed by atoms with Gasteiger partial charge in [-0.1, -0.05) is 0 Å². The molecule has 0 bridgehead atoms. The highest BCUT2D eigenvalue weighted by Gasteiger charge is 2.32. The van der Waals surface area contributed by atoms with Gasteiger partial charge in [0.15, 0.2) is 5.65 Å². The van der Waals surface area contributed by atoms with E-state index in [1.165, 1.54) is 5.56 Å². The van der Waals surface area contributed by atoms with Gasteiger partial charge in [0.05, 0.1) is 0 Å². The van der Waals surface area contributed by atoms with Crippen molar-refractivity contribution < 1.29 is 8.42 Å². The smallest absolute Gasteiger partial charge is 0.282 e. The fourth-order valence-electron chi connectivity index (χ4n) is 3.63. The normalized spacial score (nSPS) is 21.8. The van der Waals surface area contributed by atoms with Crippen molar-refractivity contribution in [2.45, 2.75) is 25.8 Å². The standard InChI is InChI=1S/C16H24N6O2S/c23-25(24,20-6-1-2-7-20)21-8-3-5-19(10-11-21)13-15-4-9-22-16(12-15)17-14-18-22/h4,9,12,14H,1-3,5-8,10-11,13H2. The van der Waals surface area contributed by atoms with Crippen LogP contribution in [0, 0.1) is 0 Å². The van der Waals surface area contributed by atoms with Crippen molar-refractivity contribution in [3.63, 3.8) is 0 Å². The van der Waals surface area contributed by atoms with Crippen LogP contribution in [-0.2, 0) is 16.8 Å². The van der Waals surface area contributed by atoms with Gasteiger partial charge < -0.3 is 0 Å². The fourth-order valence-corrected chi connectivity index (χ4v) is 5.35. The summed E-state index contributed by atoms with van der Waals surface area (Å²) in [6.07, 6.45) is 6.28. The molecule has 25 heavy (non-hydrogen) atoms. The fraction of sp³-hybridized carbons (Fsp3) is 0.625. The Hall–Kier alpha value is -1.55. The lowest BCUT2D eigenvalue weighted by Gasteiger charge is -2.26. The van der Waals surface area contributed by atoms with Crippen LogP contribution < -0.4 is 0 Å². The van der Waals surface area contributed by atoms with Crippen LogP contribution in [0.25, 0.3) is 5.65 Å². The van der Waals surface area contributed by atoms with Crippen molar-refractivity contribution in [2.24, 2.45) is 0 Å². The highest BCUT2D eigenvalue weighted by Crippen LogP contribution is 2.19. The summed E-state index contributed by atoms with van der Waals surface area (Å²) in [4.78, 5) is 6.54. The molecule has 2 aromatic rings. The molecule has 0 aliphatic carbocycles. The Kier molecular flexibility index (Phi) is 4.72. The average molecular weight is 364 g/mol. The molecule has 0 spiro atoms. The van der Waals surface area contributed by atoms with Gasteiger partial charge in [0.1, 0.15) is 6.33 Å². The van der Waals surface area contributed by atoms with E-state index in [9.17, 15) is 8.42 Å². The molecule has 0 amide bonds. The number of nitrogens with zero attached hydrogens (tertiary/aromatic N) is 6. The molecule has 0 aromatic carbocycles. The monoisotopic (exact) mass is 364 g/mol. The Morgan fingerprint density at radius 2 is 1.72 bits per heavy atom. The third-order valence-electron chi connectivity index (χ3n) is 5.02. The lowest BCUT2D eigenvalue weighted by atomic mass is 10.2. The van der Waals surface area contributed by atoms with Gasteiger partial charge in [-0.25, -0.2) is 9.50 Å². The molecule has 0 saturated carbocycles. The second-order valence-corrected chi connectivity index (χ2v) is 8.67. The minimum Gasteiger partial charge on any atom is -0.298 e. The van der Waals surface area contributed by atoms with Crippen LogP contribution in [0.3, 0.4) is 0 Å². The average Bonchev–Trinajstić information content (AvgIpc) is 3.24. The molecule has 8 nitrogen and oxygen atoms in total. The summed E-state index contributed by atoms with van der Waals surface area (Å²) in [6, 6.07) is 4.09. The molecular weight excluding hydrogens is 340 g/mol. The van der Waals surface area contributed by atoms with Gasteiger partial charge in [0, 0.05) is 45.5 Å². The highest BCUT2D eigenvalue weighted by molar-refractivity contribution is 7.86. The molecule has 2 fully saturated rings. The number of fused-ring (bicyclic) bond motifs is 1.